The molecule has 28 heavy (non-hydrogen) atoms. The molecule has 0 spiro atoms. The van der Waals surface area contributed by atoms with Crippen LogP contribution in [0.1, 0.15) is 11.1 Å². The smallest absolute Gasteiger partial charge is 0.361 e. The molecule has 2 heterocycles. The molecule has 0 amide bonds. The average molecular weight is 422 g/mol. The van der Waals surface area contributed by atoms with E-state index >= 15 is 0 Å². The van der Waals surface area contributed by atoms with Gasteiger partial charge < -0.3 is 5.32 Å². The minimum absolute atomic E-state index is 0.150. The fraction of sp³-hybridized carbons (Fsp3) is 0.188. The van der Waals surface area contributed by atoms with Gasteiger partial charge in [0.1, 0.15) is 35.0 Å². The normalized spacial score (nSPS) is 11.7. The minimum Gasteiger partial charge on any atom is -0.361 e. The lowest BCUT2D eigenvalue weighted by Crippen LogP contribution is -2.23. The Morgan fingerprint density at radius 2 is 1.71 bits per heavy atom. The largest absolute Gasteiger partial charge is 0.405 e. The molecule has 0 atom stereocenters. The van der Waals surface area contributed by atoms with E-state index in [-0.39, 0.29) is 22.5 Å². The summed E-state index contributed by atoms with van der Waals surface area (Å²) in [5, 5.41) is 5.56. The summed E-state index contributed by atoms with van der Waals surface area (Å²) in [5.74, 6) is -4.10. The Balaban J connectivity index is 2.06. The summed E-state index contributed by atoms with van der Waals surface area (Å²) < 4.78 is 80.0. The van der Waals surface area contributed by atoms with Gasteiger partial charge in [-0.3, -0.25) is 0 Å². The number of anilines is 1. The molecule has 5 nitrogen and oxygen atoms in total. The average Bonchev–Trinajstić information content (AvgIpc) is 3.11. The first kappa shape index (κ1) is 19.9. The van der Waals surface area contributed by atoms with Gasteiger partial charge in [0.25, 0.3) is 5.95 Å². The van der Waals surface area contributed by atoms with Gasteiger partial charge in [-0.1, -0.05) is 11.6 Å². The molecule has 0 fully saturated rings. The molecule has 148 valence electrons. The molecule has 0 aliphatic carbocycles. The van der Waals surface area contributed by atoms with Crippen molar-refractivity contribution in [2.75, 3.05) is 11.9 Å². The topological polar surface area (TPSA) is 55.6 Å². The van der Waals surface area contributed by atoms with Crippen molar-refractivity contribution in [3.8, 4) is 5.95 Å². The van der Waals surface area contributed by atoms with Crippen molar-refractivity contribution in [1.82, 2.24) is 19.7 Å². The number of hydrogen-bond donors (Lipinski definition) is 1. The number of rotatable bonds is 5. The molecule has 1 N–H and O–H groups in total. The highest BCUT2D eigenvalue weighted by atomic mass is 35.5. The Kier molecular flexibility index (Phi) is 5.45. The third-order valence-corrected chi connectivity index (χ3v) is 3.88. The molecule has 12 heteroatoms. The van der Waals surface area contributed by atoms with E-state index in [1.54, 1.807) is 0 Å². The summed E-state index contributed by atoms with van der Waals surface area (Å²) in [4.78, 5) is 7.84. The molecule has 0 bridgehead atoms. The molecule has 0 radical (unpaired) electrons. The van der Waals surface area contributed by atoms with Gasteiger partial charge in [-0.25, -0.2) is 17.9 Å². The van der Waals surface area contributed by atoms with E-state index < -0.39 is 42.2 Å². The van der Waals surface area contributed by atoms with E-state index in [2.05, 4.69) is 15.1 Å². The molecule has 0 saturated carbocycles. The first-order chi connectivity index (χ1) is 13.1. The van der Waals surface area contributed by atoms with Crippen molar-refractivity contribution >= 4 is 17.4 Å². The van der Waals surface area contributed by atoms with Crippen LogP contribution in [0.2, 0.25) is 5.15 Å². The Morgan fingerprint density at radius 3 is 2.29 bits per heavy atom. The molecular formula is C16H10ClF6N5. The predicted octanol–water partition coefficient (Wildman–Crippen LogP) is 4.30. The molecule has 0 aliphatic heterocycles. The van der Waals surface area contributed by atoms with Crippen molar-refractivity contribution in [3.63, 3.8) is 0 Å². The number of nitrogens with one attached hydrogen (secondary N) is 1. The zero-order valence-corrected chi connectivity index (χ0v) is 14.5. The zero-order chi connectivity index (χ0) is 20.5. The lowest BCUT2D eigenvalue weighted by Gasteiger charge is -2.16. The maximum absolute atomic E-state index is 14.0. The number of benzene rings is 1. The van der Waals surface area contributed by atoms with Gasteiger partial charge in [-0.15, -0.1) is 0 Å². The van der Waals surface area contributed by atoms with Crippen LogP contribution in [0.5, 0.6) is 0 Å². The van der Waals surface area contributed by atoms with Crippen LogP contribution in [0, 0.1) is 17.5 Å². The van der Waals surface area contributed by atoms with Crippen LogP contribution in [-0.2, 0) is 6.42 Å². The van der Waals surface area contributed by atoms with Gasteiger partial charge in [0, 0.05) is 42.1 Å². The molecule has 2 aromatic heterocycles. The number of halogens is 7. The van der Waals surface area contributed by atoms with Gasteiger partial charge >= 0.3 is 6.18 Å². The molecule has 1 aromatic carbocycles. The van der Waals surface area contributed by atoms with Crippen LogP contribution in [0.25, 0.3) is 5.95 Å². The highest BCUT2D eigenvalue weighted by Crippen LogP contribution is 2.29. The Bertz CT molecular complexity index is 967. The van der Waals surface area contributed by atoms with E-state index in [0.717, 1.165) is 4.68 Å². The maximum Gasteiger partial charge on any atom is 0.405 e. The Hall–Kier alpha value is -2.82. The molecule has 0 aliphatic rings. The number of alkyl halides is 3. The van der Waals surface area contributed by atoms with Crippen LogP contribution in [-0.4, -0.2) is 32.5 Å². The lowest BCUT2D eigenvalue weighted by molar-refractivity contribution is -0.115. The zero-order valence-electron chi connectivity index (χ0n) is 13.7. The second kappa shape index (κ2) is 7.66. The monoisotopic (exact) mass is 421 g/mol. The van der Waals surface area contributed by atoms with Crippen molar-refractivity contribution in [3.05, 3.63) is 64.3 Å². The van der Waals surface area contributed by atoms with Crippen LogP contribution in [0.15, 0.2) is 30.6 Å². The summed E-state index contributed by atoms with van der Waals surface area (Å²) in [6, 6.07) is 2.43. The van der Waals surface area contributed by atoms with Crippen LogP contribution < -0.4 is 5.32 Å². The molecule has 0 unspecified atom stereocenters. The SMILES string of the molecule is Fc1cc(F)c(Cc2c(Cl)nc(-n3cccn3)nc2NCC(F)(F)F)c(F)c1. The molecule has 3 rings (SSSR count). The summed E-state index contributed by atoms with van der Waals surface area (Å²) >= 11 is 6.05. The van der Waals surface area contributed by atoms with Crippen molar-refractivity contribution in [1.29, 1.82) is 0 Å². The second-order valence-corrected chi connectivity index (χ2v) is 5.94. The number of hydrogen-bond acceptors (Lipinski definition) is 4. The van der Waals surface area contributed by atoms with Crippen molar-refractivity contribution in [2.45, 2.75) is 12.6 Å². The van der Waals surface area contributed by atoms with E-state index in [4.69, 9.17) is 11.6 Å². The molecule has 3 aromatic rings. The van der Waals surface area contributed by atoms with Gasteiger partial charge in [0.05, 0.1) is 0 Å². The van der Waals surface area contributed by atoms with Crippen LogP contribution >= 0.6 is 11.6 Å². The third kappa shape index (κ3) is 4.53. The second-order valence-electron chi connectivity index (χ2n) is 5.59. The van der Waals surface area contributed by atoms with E-state index in [0.29, 0.717) is 12.1 Å². The Morgan fingerprint density at radius 1 is 1.04 bits per heavy atom. The first-order valence-electron chi connectivity index (χ1n) is 7.64. The summed E-state index contributed by atoms with van der Waals surface area (Å²) in [5.41, 5.74) is -0.778. The third-order valence-electron chi connectivity index (χ3n) is 3.57. The van der Waals surface area contributed by atoms with E-state index in [1.807, 2.05) is 5.32 Å². The standard InChI is InChI=1S/C16H10ClF6N5/c17-13-10(6-9-11(19)4-8(18)5-12(9)20)14(24-7-16(21,22)23)27-15(26-13)28-3-1-2-25-28/h1-5H,6-7H2,(H,24,26,27). The summed E-state index contributed by atoms with van der Waals surface area (Å²) in [6.07, 6.45) is -2.38. The van der Waals surface area contributed by atoms with E-state index in [1.165, 1.54) is 18.5 Å². The maximum atomic E-state index is 14.0. The van der Waals surface area contributed by atoms with Gasteiger partial charge in [0.2, 0.25) is 0 Å². The fourth-order valence-electron chi connectivity index (χ4n) is 2.34. The van der Waals surface area contributed by atoms with Crippen molar-refractivity contribution in [2.24, 2.45) is 0 Å². The highest BCUT2D eigenvalue weighted by Gasteiger charge is 2.28. The van der Waals surface area contributed by atoms with Crippen LogP contribution in [0.4, 0.5) is 32.2 Å². The van der Waals surface area contributed by atoms with Gasteiger partial charge in [0.15, 0.2) is 0 Å². The molecule has 0 saturated heterocycles. The predicted molar refractivity (Wildman–Crippen MR) is 87.8 cm³/mol. The first-order valence-corrected chi connectivity index (χ1v) is 8.02. The molecular weight excluding hydrogens is 412 g/mol. The van der Waals surface area contributed by atoms with Gasteiger partial charge in [-0.05, 0) is 6.07 Å². The van der Waals surface area contributed by atoms with Crippen molar-refractivity contribution < 1.29 is 26.3 Å². The lowest BCUT2D eigenvalue weighted by atomic mass is 10.1. The Labute approximate surface area is 159 Å². The highest BCUT2D eigenvalue weighted by molar-refractivity contribution is 6.30. The van der Waals surface area contributed by atoms with Gasteiger partial charge in [-0.2, -0.15) is 28.2 Å². The summed E-state index contributed by atoms with van der Waals surface area (Å²) in [6.45, 7) is -1.47. The minimum atomic E-state index is -4.59. The number of nitrogens with zero attached hydrogens (tertiary/aromatic N) is 4. The van der Waals surface area contributed by atoms with E-state index in [9.17, 15) is 26.3 Å². The number of aromatic nitrogens is 4. The summed E-state index contributed by atoms with van der Waals surface area (Å²) in [7, 11) is 0. The fourth-order valence-corrected chi connectivity index (χ4v) is 2.57. The quantitative estimate of drug-likeness (QED) is 0.493. The van der Waals surface area contributed by atoms with Crippen LogP contribution in [0.3, 0.4) is 0 Å².